The summed E-state index contributed by atoms with van der Waals surface area (Å²) in [5.41, 5.74) is 2.26. The topological polar surface area (TPSA) is 74.6 Å². The van der Waals surface area contributed by atoms with Crippen LogP contribution in [0.3, 0.4) is 0 Å². The van der Waals surface area contributed by atoms with E-state index in [0.717, 1.165) is 12.1 Å². The van der Waals surface area contributed by atoms with E-state index in [1.54, 1.807) is 7.05 Å². The fourth-order valence-corrected chi connectivity index (χ4v) is 2.36. The lowest BCUT2D eigenvalue weighted by Gasteiger charge is -2.22. The van der Waals surface area contributed by atoms with Crippen molar-refractivity contribution in [2.75, 3.05) is 27.2 Å². The molecule has 1 aromatic rings. The summed E-state index contributed by atoms with van der Waals surface area (Å²) in [5, 5.41) is 10.5. The van der Waals surface area contributed by atoms with Crippen LogP contribution in [0.5, 0.6) is 0 Å². The first-order valence-corrected chi connectivity index (χ1v) is 8.09. The number of hydrogen-bond donors (Lipinski definition) is 2. The second-order valence-corrected chi connectivity index (χ2v) is 5.97. The molecule has 0 atom stereocenters. The van der Waals surface area contributed by atoms with Crippen LogP contribution in [-0.2, 0) is 18.4 Å². The number of aromatic nitrogens is 2. The van der Waals surface area contributed by atoms with Crippen LogP contribution < -0.4 is 10.6 Å². The Hall–Kier alpha value is -2.05. The number of aryl methyl sites for hydroxylation is 1. The van der Waals surface area contributed by atoms with Crippen LogP contribution in [-0.4, -0.2) is 53.7 Å². The maximum atomic E-state index is 11.7. The van der Waals surface area contributed by atoms with Crippen LogP contribution in [0.15, 0.2) is 11.2 Å². The van der Waals surface area contributed by atoms with Crippen molar-refractivity contribution in [1.82, 2.24) is 25.3 Å². The second kappa shape index (κ2) is 9.17. The Morgan fingerprint density at radius 2 is 2.13 bits per heavy atom. The molecule has 0 aliphatic carbocycles. The fraction of sp³-hybridized carbons (Fsp3) is 0.688. The highest BCUT2D eigenvalue weighted by Crippen LogP contribution is 2.18. The first-order valence-electron chi connectivity index (χ1n) is 8.09. The van der Waals surface area contributed by atoms with Crippen LogP contribution in [0.4, 0.5) is 0 Å². The highest BCUT2D eigenvalue weighted by Gasteiger charge is 2.15. The van der Waals surface area contributed by atoms with Crippen molar-refractivity contribution < 1.29 is 4.79 Å². The molecule has 23 heavy (non-hydrogen) atoms. The van der Waals surface area contributed by atoms with E-state index in [1.807, 2.05) is 36.8 Å². The van der Waals surface area contributed by atoms with Crippen molar-refractivity contribution in [2.45, 2.75) is 39.7 Å². The van der Waals surface area contributed by atoms with E-state index in [4.69, 9.17) is 0 Å². The smallest absolute Gasteiger partial charge is 0.239 e. The average Bonchev–Trinajstić information content (AvgIpc) is 2.86. The van der Waals surface area contributed by atoms with E-state index < -0.39 is 0 Å². The third-order valence-electron chi connectivity index (χ3n) is 3.44. The number of rotatable bonds is 7. The summed E-state index contributed by atoms with van der Waals surface area (Å²) in [7, 11) is 5.60. The minimum atomic E-state index is -0.0225. The molecule has 7 heteroatoms. The van der Waals surface area contributed by atoms with Gasteiger partial charge < -0.3 is 15.5 Å². The van der Waals surface area contributed by atoms with Gasteiger partial charge in [-0.1, -0.05) is 20.8 Å². The fourth-order valence-electron chi connectivity index (χ4n) is 2.36. The maximum absolute atomic E-state index is 11.7. The molecule has 1 amide bonds. The predicted octanol–water partition coefficient (Wildman–Crippen LogP) is 1.08. The second-order valence-electron chi connectivity index (χ2n) is 5.97. The van der Waals surface area contributed by atoms with Crippen LogP contribution in [0.1, 0.15) is 44.4 Å². The Balaban J connectivity index is 2.64. The number of amides is 1. The molecule has 0 aromatic carbocycles. The molecule has 0 radical (unpaired) electrons. The number of hydrogen-bond acceptors (Lipinski definition) is 3. The molecular weight excluding hydrogens is 292 g/mol. The van der Waals surface area contributed by atoms with E-state index >= 15 is 0 Å². The average molecular weight is 322 g/mol. The molecule has 0 bridgehead atoms. The number of guanidine groups is 1. The van der Waals surface area contributed by atoms with Crippen molar-refractivity contribution in [2.24, 2.45) is 12.0 Å². The zero-order valence-corrected chi connectivity index (χ0v) is 15.2. The van der Waals surface area contributed by atoms with E-state index in [9.17, 15) is 4.79 Å². The summed E-state index contributed by atoms with van der Waals surface area (Å²) in [6.45, 7) is 7.91. The Labute approximate surface area is 139 Å². The van der Waals surface area contributed by atoms with Gasteiger partial charge in [-0.25, -0.2) is 0 Å². The zero-order valence-electron chi connectivity index (χ0n) is 15.2. The van der Waals surface area contributed by atoms with Crippen molar-refractivity contribution >= 4 is 11.9 Å². The van der Waals surface area contributed by atoms with Gasteiger partial charge in [-0.15, -0.1) is 0 Å². The van der Waals surface area contributed by atoms with Gasteiger partial charge in [0, 0.05) is 46.0 Å². The summed E-state index contributed by atoms with van der Waals surface area (Å²) < 4.78 is 1.84. The van der Waals surface area contributed by atoms with Crippen LogP contribution in [0.2, 0.25) is 0 Å². The van der Waals surface area contributed by atoms with E-state index in [-0.39, 0.29) is 12.5 Å². The Morgan fingerprint density at radius 3 is 2.70 bits per heavy atom. The van der Waals surface area contributed by atoms with Crippen LogP contribution in [0, 0.1) is 0 Å². The molecule has 1 aromatic heterocycles. The zero-order chi connectivity index (χ0) is 17.4. The Kier molecular flexibility index (Phi) is 7.57. The third-order valence-corrected chi connectivity index (χ3v) is 3.44. The van der Waals surface area contributed by atoms with Crippen molar-refractivity contribution in [3.05, 3.63) is 17.5 Å². The van der Waals surface area contributed by atoms with Crippen molar-refractivity contribution in [3.63, 3.8) is 0 Å². The lowest BCUT2D eigenvalue weighted by Crippen LogP contribution is -2.43. The van der Waals surface area contributed by atoms with Gasteiger partial charge >= 0.3 is 0 Å². The standard InChI is InChI=1S/C16H30N6O/c1-7-8-18-14(23)9-19-16(17-4)21(5)10-13-11-22(6)20-15(13)12(2)3/h11-12H,7-10H2,1-6H3,(H,17,19)(H,18,23). The lowest BCUT2D eigenvalue weighted by atomic mass is 10.1. The molecule has 0 saturated carbocycles. The molecule has 0 unspecified atom stereocenters. The number of nitrogens with zero attached hydrogens (tertiary/aromatic N) is 4. The van der Waals surface area contributed by atoms with Gasteiger partial charge in [0.1, 0.15) is 0 Å². The highest BCUT2D eigenvalue weighted by molar-refractivity contribution is 5.86. The molecular formula is C16H30N6O. The van der Waals surface area contributed by atoms with Gasteiger partial charge in [0.2, 0.25) is 5.91 Å². The molecule has 2 N–H and O–H groups in total. The van der Waals surface area contributed by atoms with Gasteiger partial charge in [-0.2, -0.15) is 5.10 Å². The summed E-state index contributed by atoms with van der Waals surface area (Å²) >= 11 is 0. The summed E-state index contributed by atoms with van der Waals surface area (Å²) in [6.07, 6.45) is 2.96. The molecule has 0 spiro atoms. The molecule has 0 fully saturated rings. The predicted molar refractivity (Wildman–Crippen MR) is 93.4 cm³/mol. The molecule has 130 valence electrons. The van der Waals surface area contributed by atoms with E-state index in [2.05, 4.69) is 34.6 Å². The number of nitrogens with one attached hydrogen (secondary N) is 2. The van der Waals surface area contributed by atoms with Crippen molar-refractivity contribution in [3.8, 4) is 0 Å². The van der Waals surface area contributed by atoms with Gasteiger partial charge in [0.25, 0.3) is 0 Å². The van der Waals surface area contributed by atoms with E-state index in [1.165, 1.54) is 5.56 Å². The molecule has 0 saturated heterocycles. The summed E-state index contributed by atoms with van der Waals surface area (Å²) in [6, 6.07) is 0. The Bertz CT molecular complexity index is 535. The van der Waals surface area contributed by atoms with Gasteiger partial charge in [-0.05, 0) is 12.3 Å². The number of aliphatic imine (C=N–C) groups is 1. The minimum Gasteiger partial charge on any atom is -0.355 e. The maximum Gasteiger partial charge on any atom is 0.239 e. The minimum absolute atomic E-state index is 0.0225. The largest absolute Gasteiger partial charge is 0.355 e. The van der Waals surface area contributed by atoms with Gasteiger partial charge in [0.05, 0.1) is 12.2 Å². The first-order chi connectivity index (χ1) is 10.9. The molecule has 7 nitrogen and oxygen atoms in total. The number of carbonyl (C=O) groups excluding carboxylic acids is 1. The quantitative estimate of drug-likeness (QED) is 0.582. The monoisotopic (exact) mass is 322 g/mol. The van der Waals surface area contributed by atoms with Gasteiger partial charge in [-0.3, -0.25) is 14.5 Å². The van der Waals surface area contributed by atoms with Crippen LogP contribution >= 0.6 is 0 Å². The Morgan fingerprint density at radius 1 is 1.43 bits per heavy atom. The van der Waals surface area contributed by atoms with Crippen molar-refractivity contribution in [1.29, 1.82) is 0 Å². The third kappa shape index (κ3) is 5.92. The molecule has 0 aliphatic rings. The first kappa shape index (κ1) is 19.0. The molecule has 0 aliphatic heterocycles. The van der Waals surface area contributed by atoms with E-state index in [0.29, 0.717) is 25.0 Å². The lowest BCUT2D eigenvalue weighted by molar-refractivity contribution is -0.120. The number of carbonyl (C=O) groups is 1. The summed E-state index contributed by atoms with van der Waals surface area (Å²) in [5.74, 6) is 1.04. The van der Waals surface area contributed by atoms with Crippen LogP contribution in [0.25, 0.3) is 0 Å². The summed E-state index contributed by atoms with van der Waals surface area (Å²) in [4.78, 5) is 17.9. The highest BCUT2D eigenvalue weighted by atomic mass is 16.1. The molecule has 1 heterocycles. The SMILES string of the molecule is CCCNC(=O)CNC(=NC)N(C)Cc1cn(C)nc1C(C)C. The normalized spacial score (nSPS) is 11.7. The molecule has 1 rings (SSSR count). The van der Waals surface area contributed by atoms with Gasteiger partial charge in [0.15, 0.2) is 5.96 Å².